The van der Waals surface area contributed by atoms with Gasteiger partial charge in [-0.2, -0.15) is 0 Å². The van der Waals surface area contributed by atoms with Crippen molar-refractivity contribution in [2.75, 3.05) is 19.8 Å². The summed E-state index contributed by atoms with van der Waals surface area (Å²) in [5.41, 5.74) is 0.737. The molecule has 0 fully saturated rings. The van der Waals surface area contributed by atoms with E-state index in [1.54, 1.807) is 0 Å². The highest BCUT2D eigenvalue weighted by atomic mass is 28.4. The Morgan fingerprint density at radius 2 is 1.55 bits per heavy atom. The van der Waals surface area contributed by atoms with Crippen molar-refractivity contribution in [3.05, 3.63) is 23.8 Å². The number of hydrogen-bond acceptors (Lipinski definition) is 5. The molecule has 1 aliphatic carbocycles. The number of Topliss-reactive ketones (excluding diaryl/α,β-unsaturated/α-hetero) is 2. The van der Waals surface area contributed by atoms with Crippen LogP contribution in [-0.2, 0) is 23.2 Å². The summed E-state index contributed by atoms with van der Waals surface area (Å²) < 4.78 is 17.9. The zero-order valence-electron chi connectivity index (χ0n) is 20.6. The number of ether oxygens (including phenoxy) is 1. The molecular formula is C24H44O5Si2. The first-order valence-corrected chi connectivity index (χ1v) is 17.2. The lowest BCUT2D eigenvalue weighted by Crippen LogP contribution is -2.39. The molecule has 0 amide bonds. The molecule has 0 aromatic heterocycles. The van der Waals surface area contributed by atoms with Crippen molar-refractivity contribution < 1.29 is 23.2 Å². The van der Waals surface area contributed by atoms with Gasteiger partial charge in [0.2, 0.25) is 0 Å². The largest absolute Gasteiger partial charge is 0.410 e. The van der Waals surface area contributed by atoms with Gasteiger partial charge in [-0.3, -0.25) is 9.59 Å². The Hall–Kier alpha value is -0.866. The molecule has 1 atom stereocenters. The van der Waals surface area contributed by atoms with Gasteiger partial charge in [0.05, 0.1) is 19.3 Å². The quantitative estimate of drug-likeness (QED) is 0.198. The molecule has 0 bridgehead atoms. The topological polar surface area (TPSA) is 61.8 Å². The molecule has 0 spiro atoms. The minimum atomic E-state index is -1.72. The molecule has 0 aromatic carbocycles. The number of hydrogen-bond donors (Lipinski definition) is 0. The lowest BCUT2D eigenvalue weighted by molar-refractivity contribution is -0.125. The molecular weight excluding hydrogens is 424 g/mol. The average molecular weight is 469 g/mol. The smallest absolute Gasteiger partial charge is 0.192 e. The highest BCUT2D eigenvalue weighted by molar-refractivity contribution is 6.74. The molecule has 0 N–H and O–H groups in total. The van der Waals surface area contributed by atoms with Gasteiger partial charge in [-0.25, -0.2) is 0 Å². The fourth-order valence-electron chi connectivity index (χ4n) is 4.08. The summed E-state index contributed by atoms with van der Waals surface area (Å²) in [7, 11) is -3.43. The Labute approximate surface area is 191 Å². The highest BCUT2D eigenvalue weighted by Crippen LogP contribution is 2.28. The van der Waals surface area contributed by atoms with Gasteiger partial charge in [-0.05, 0) is 48.8 Å². The fraction of sp³-hybridized carbons (Fsp3) is 0.750. The van der Waals surface area contributed by atoms with E-state index >= 15 is 0 Å². The summed E-state index contributed by atoms with van der Waals surface area (Å²) in [6.07, 6.45) is 6.85. The van der Waals surface area contributed by atoms with E-state index in [9.17, 15) is 9.59 Å². The summed E-state index contributed by atoms with van der Waals surface area (Å²) in [6, 6.07) is 6.38. The van der Waals surface area contributed by atoms with Crippen molar-refractivity contribution in [1.82, 2.24) is 0 Å². The Kier molecular flexibility index (Phi) is 13.0. The van der Waals surface area contributed by atoms with Crippen LogP contribution in [0.15, 0.2) is 23.8 Å². The van der Waals surface area contributed by atoms with Crippen LogP contribution in [0, 0.1) is 0 Å². The molecule has 1 rings (SSSR count). The fourth-order valence-corrected chi connectivity index (χ4v) is 9.45. The SMILES string of the molecule is CC[Si](CC)(CC)OCC(=O)COCCC=CC1=CC(O[Si](CC)(CC)CC)CC1=O. The second-order valence-electron chi connectivity index (χ2n) is 8.46. The zero-order chi connectivity index (χ0) is 23.3. The second kappa shape index (κ2) is 14.3. The van der Waals surface area contributed by atoms with Crippen LogP contribution in [0.5, 0.6) is 0 Å². The minimum absolute atomic E-state index is 0.000275. The summed E-state index contributed by atoms with van der Waals surface area (Å²) in [4.78, 5) is 24.3. The first-order chi connectivity index (χ1) is 14.8. The lowest BCUT2D eigenvalue weighted by Gasteiger charge is -2.30. The van der Waals surface area contributed by atoms with E-state index in [1.165, 1.54) is 0 Å². The molecule has 178 valence electrons. The lowest BCUT2D eigenvalue weighted by atomic mass is 10.2. The van der Waals surface area contributed by atoms with Gasteiger partial charge in [0.1, 0.15) is 6.61 Å². The molecule has 7 heteroatoms. The third kappa shape index (κ3) is 8.88. The third-order valence-corrected chi connectivity index (χ3v) is 16.2. The van der Waals surface area contributed by atoms with Gasteiger partial charge in [-0.15, -0.1) is 0 Å². The number of carbonyl (C=O) groups is 2. The average Bonchev–Trinajstić information content (AvgIpc) is 3.14. The molecule has 0 saturated heterocycles. The molecule has 0 aromatic rings. The van der Waals surface area contributed by atoms with E-state index in [4.69, 9.17) is 13.6 Å². The summed E-state index contributed by atoms with van der Waals surface area (Å²) in [5.74, 6) is 0.149. The number of carbonyl (C=O) groups excluding carboxylic acids is 2. The van der Waals surface area contributed by atoms with Crippen LogP contribution in [-0.4, -0.2) is 54.1 Å². The van der Waals surface area contributed by atoms with E-state index < -0.39 is 16.6 Å². The van der Waals surface area contributed by atoms with E-state index in [2.05, 4.69) is 41.5 Å². The van der Waals surface area contributed by atoms with Crippen molar-refractivity contribution >= 4 is 28.2 Å². The Morgan fingerprint density at radius 3 is 2.10 bits per heavy atom. The number of rotatable bonds is 17. The van der Waals surface area contributed by atoms with Gasteiger partial charge in [0.15, 0.2) is 28.2 Å². The van der Waals surface area contributed by atoms with E-state index in [-0.39, 0.29) is 30.9 Å². The number of ketones is 2. The Bertz CT molecular complexity index is 605. The first kappa shape index (κ1) is 28.2. The van der Waals surface area contributed by atoms with E-state index in [0.29, 0.717) is 19.4 Å². The van der Waals surface area contributed by atoms with Crippen molar-refractivity contribution in [1.29, 1.82) is 0 Å². The van der Waals surface area contributed by atoms with Crippen LogP contribution in [0.4, 0.5) is 0 Å². The maximum absolute atomic E-state index is 12.3. The summed E-state index contributed by atoms with van der Waals surface area (Å²) in [6.45, 7) is 13.8. The van der Waals surface area contributed by atoms with E-state index in [0.717, 1.165) is 41.8 Å². The molecule has 0 radical (unpaired) electrons. The van der Waals surface area contributed by atoms with E-state index in [1.807, 2.05) is 18.2 Å². The summed E-state index contributed by atoms with van der Waals surface area (Å²) >= 11 is 0. The monoisotopic (exact) mass is 468 g/mol. The van der Waals surface area contributed by atoms with Gasteiger partial charge < -0.3 is 13.6 Å². The molecule has 31 heavy (non-hydrogen) atoms. The van der Waals surface area contributed by atoms with Crippen LogP contribution in [0.2, 0.25) is 36.3 Å². The second-order valence-corrected chi connectivity index (χ2v) is 18.0. The van der Waals surface area contributed by atoms with Gasteiger partial charge in [0, 0.05) is 12.0 Å². The minimum Gasteiger partial charge on any atom is -0.410 e. The van der Waals surface area contributed by atoms with Crippen LogP contribution in [0.1, 0.15) is 54.4 Å². The van der Waals surface area contributed by atoms with Crippen molar-refractivity contribution in [2.24, 2.45) is 0 Å². The maximum atomic E-state index is 12.3. The Morgan fingerprint density at radius 1 is 0.968 bits per heavy atom. The van der Waals surface area contributed by atoms with Crippen LogP contribution in [0.3, 0.4) is 0 Å². The van der Waals surface area contributed by atoms with Crippen LogP contribution < -0.4 is 0 Å². The molecule has 5 nitrogen and oxygen atoms in total. The standard InChI is InChI=1S/C24H44O5Si2/c1-7-30(8-2,9-3)28-20-22(25)19-27-16-14-13-15-21-17-23(18-24(21)26)29-31(10-4,11-5)12-6/h13,15,17,23H,7-12,14,16,18-20H2,1-6H3. The van der Waals surface area contributed by atoms with Crippen molar-refractivity contribution in [3.63, 3.8) is 0 Å². The van der Waals surface area contributed by atoms with Crippen LogP contribution in [0.25, 0.3) is 0 Å². The molecule has 0 aliphatic heterocycles. The third-order valence-electron chi connectivity index (χ3n) is 6.87. The van der Waals surface area contributed by atoms with Crippen LogP contribution >= 0.6 is 0 Å². The van der Waals surface area contributed by atoms with Gasteiger partial charge >= 0.3 is 0 Å². The molecule has 0 saturated carbocycles. The first-order valence-electron chi connectivity index (χ1n) is 12.2. The normalized spacial score (nSPS) is 17.5. The molecule has 1 unspecified atom stereocenters. The zero-order valence-corrected chi connectivity index (χ0v) is 22.6. The maximum Gasteiger partial charge on any atom is 0.192 e. The molecule has 0 heterocycles. The predicted octanol–water partition coefficient (Wildman–Crippen LogP) is 5.83. The highest BCUT2D eigenvalue weighted by Gasteiger charge is 2.34. The Balaban J connectivity index is 2.36. The van der Waals surface area contributed by atoms with Gasteiger partial charge in [0.25, 0.3) is 0 Å². The number of allylic oxidation sites excluding steroid dienone is 2. The molecule has 1 aliphatic rings. The predicted molar refractivity (Wildman–Crippen MR) is 133 cm³/mol. The summed E-state index contributed by atoms with van der Waals surface area (Å²) in [5, 5.41) is 0. The van der Waals surface area contributed by atoms with Crippen molar-refractivity contribution in [3.8, 4) is 0 Å². The van der Waals surface area contributed by atoms with Gasteiger partial charge in [-0.1, -0.05) is 53.7 Å². The van der Waals surface area contributed by atoms with Crippen molar-refractivity contribution in [2.45, 2.75) is 96.8 Å².